The van der Waals surface area contributed by atoms with Crippen molar-refractivity contribution in [3.63, 3.8) is 0 Å². The molecule has 0 N–H and O–H groups in total. The Labute approximate surface area is 126 Å². The van der Waals surface area contributed by atoms with E-state index in [9.17, 15) is 4.79 Å². The van der Waals surface area contributed by atoms with Gasteiger partial charge >= 0.3 is 0 Å². The summed E-state index contributed by atoms with van der Waals surface area (Å²) in [6.45, 7) is 7.33. The fraction of sp³-hybridized carbons (Fsp3) is 0.750. The molecule has 21 heavy (non-hydrogen) atoms. The van der Waals surface area contributed by atoms with E-state index in [2.05, 4.69) is 9.88 Å². The maximum Gasteiger partial charge on any atom is 0.220 e. The van der Waals surface area contributed by atoms with E-state index in [1.54, 1.807) is 13.1 Å². The van der Waals surface area contributed by atoms with Crippen molar-refractivity contribution in [1.82, 2.24) is 14.8 Å². The maximum atomic E-state index is 12.0. The summed E-state index contributed by atoms with van der Waals surface area (Å²) in [6, 6.07) is 0.301. The van der Waals surface area contributed by atoms with Gasteiger partial charge in [0, 0.05) is 32.6 Å². The molecule has 2 aliphatic rings. The zero-order chi connectivity index (χ0) is 14.8. The van der Waals surface area contributed by atoms with E-state index >= 15 is 0 Å². The van der Waals surface area contributed by atoms with Gasteiger partial charge in [-0.15, -0.1) is 0 Å². The van der Waals surface area contributed by atoms with Crippen LogP contribution < -0.4 is 0 Å². The van der Waals surface area contributed by atoms with Crippen LogP contribution in [0.4, 0.5) is 0 Å². The summed E-state index contributed by atoms with van der Waals surface area (Å²) in [4.78, 5) is 20.6. The first-order valence-corrected chi connectivity index (χ1v) is 8.02. The minimum atomic E-state index is 0.112. The van der Waals surface area contributed by atoms with Crippen LogP contribution in [0.15, 0.2) is 10.6 Å². The van der Waals surface area contributed by atoms with Crippen LogP contribution >= 0.6 is 0 Å². The number of amides is 1. The molecular formula is C16H25N3O2. The van der Waals surface area contributed by atoms with E-state index < -0.39 is 0 Å². The number of carbonyl (C=O) groups excluding carboxylic acids is 1. The van der Waals surface area contributed by atoms with Gasteiger partial charge in [-0.05, 0) is 32.1 Å². The molecule has 0 aromatic carbocycles. The summed E-state index contributed by atoms with van der Waals surface area (Å²) >= 11 is 0. The standard InChI is InChI=1S/C16H25N3O2/c1-12-8-17-16(21-12)11-19(13(2)20)15-6-7-18(10-15)9-14-4-3-5-14/h8,14-15H,3-7,9-11H2,1-2H3/t15-/m1/s1. The highest BCUT2D eigenvalue weighted by Crippen LogP contribution is 2.29. The topological polar surface area (TPSA) is 49.6 Å². The van der Waals surface area contributed by atoms with Gasteiger partial charge < -0.3 is 14.2 Å². The summed E-state index contributed by atoms with van der Waals surface area (Å²) in [7, 11) is 0. The molecule has 1 aliphatic carbocycles. The number of carbonyl (C=O) groups is 1. The monoisotopic (exact) mass is 291 g/mol. The molecule has 1 aliphatic heterocycles. The van der Waals surface area contributed by atoms with Crippen LogP contribution in [0, 0.1) is 12.8 Å². The summed E-state index contributed by atoms with van der Waals surface area (Å²) in [5, 5.41) is 0. The molecule has 1 atom stereocenters. The number of hydrogen-bond donors (Lipinski definition) is 0. The van der Waals surface area contributed by atoms with Crippen LogP contribution in [0.3, 0.4) is 0 Å². The largest absolute Gasteiger partial charge is 0.444 e. The second-order valence-electron chi connectivity index (χ2n) is 6.51. The predicted octanol–water partition coefficient (Wildman–Crippen LogP) is 2.21. The smallest absolute Gasteiger partial charge is 0.220 e. The number of aromatic nitrogens is 1. The maximum absolute atomic E-state index is 12.0. The number of nitrogens with zero attached hydrogens (tertiary/aromatic N) is 3. The minimum Gasteiger partial charge on any atom is -0.444 e. The molecule has 0 bridgehead atoms. The van der Waals surface area contributed by atoms with Gasteiger partial charge in [0.15, 0.2) is 0 Å². The third-order valence-corrected chi connectivity index (χ3v) is 4.81. The van der Waals surface area contributed by atoms with Crippen molar-refractivity contribution in [2.24, 2.45) is 5.92 Å². The first kappa shape index (κ1) is 14.6. The second-order valence-corrected chi connectivity index (χ2v) is 6.51. The number of oxazole rings is 1. The summed E-state index contributed by atoms with van der Waals surface area (Å²) in [5.41, 5.74) is 0. The minimum absolute atomic E-state index is 0.112. The average molecular weight is 291 g/mol. The number of rotatable bonds is 5. The fourth-order valence-electron chi connectivity index (χ4n) is 3.39. The Morgan fingerprint density at radius 1 is 1.48 bits per heavy atom. The molecule has 0 radical (unpaired) electrons. The molecule has 1 saturated heterocycles. The second kappa shape index (κ2) is 6.18. The van der Waals surface area contributed by atoms with Crippen molar-refractivity contribution in [3.05, 3.63) is 17.8 Å². The highest BCUT2D eigenvalue weighted by molar-refractivity contribution is 5.73. The normalized spacial score (nSPS) is 23.2. The third-order valence-electron chi connectivity index (χ3n) is 4.81. The van der Waals surface area contributed by atoms with Gasteiger partial charge in [-0.1, -0.05) is 6.42 Å². The Bertz CT molecular complexity index is 495. The summed E-state index contributed by atoms with van der Waals surface area (Å²) in [6.07, 6.45) is 6.93. The highest BCUT2D eigenvalue weighted by atomic mass is 16.4. The van der Waals surface area contributed by atoms with Crippen molar-refractivity contribution in [1.29, 1.82) is 0 Å². The molecule has 116 valence electrons. The molecule has 2 fully saturated rings. The van der Waals surface area contributed by atoms with E-state index in [1.807, 2.05) is 11.8 Å². The fourth-order valence-corrected chi connectivity index (χ4v) is 3.39. The Balaban J connectivity index is 1.57. The molecular weight excluding hydrogens is 266 g/mol. The van der Waals surface area contributed by atoms with Crippen molar-refractivity contribution >= 4 is 5.91 Å². The van der Waals surface area contributed by atoms with E-state index in [0.29, 0.717) is 18.5 Å². The van der Waals surface area contributed by atoms with Gasteiger partial charge in [0.25, 0.3) is 0 Å². The molecule has 1 saturated carbocycles. The SMILES string of the molecule is CC(=O)N(Cc1ncc(C)o1)[C@@H]1CCN(CC2CCC2)C1. The van der Waals surface area contributed by atoms with Crippen molar-refractivity contribution in [3.8, 4) is 0 Å². The average Bonchev–Trinajstić information content (AvgIpc) is 3.00. The van der Waals surface area contributed by atoms with Gasteiger partial charge in [0.2, 0.25) is 11.8 Å². The molecule has 1 aromatic rings. The number of aryl methyl sites for hydroxylation is 1. The molecule has 0 spiro atoms. The Morgan fingerprint density at radius 2 is 2.29 bits per heavy atom. The van der Waals surface area contributed by atoms with Crippen LogP contribution in [0.5, 0.6) is 0 Å². The Hall–Kier alpha value is -1.36. The van der Waals surface area contributed by atoms with Crippen LogP contribution in [0.2, 0.25) is 0 Å². The quantitative estimate of drug-likeness (QED) is 0.834. The highest BCUT2D eigenvalue weighted by Gasteiger charge is 2.32. The van der Waals surface area contributed by atoms with Gasteiger partial charge in [-0.3, -0.25) is 4.79 Å². The zero-order valence-electron chi connectivity index (χ0n) is 13.0. The van der Waals surface area contributed by atoms with E-state index in [0.717, 1.165) is 31.2 Å². The third kappa shape index (κ3) is 3.46. The van der Waals surface area contributed by atoms with Gasteiger partial charge in [0.05, 0.1) is 12.7 Å². The molecule has 3 rings (SSSR count). The van der Waals surface area contributed by atoms with Crippen molar-refractivity contribution in [2.45, 2.75) is 52.1 Å². The molecule has 1 aromatic heterocycles. The first-order chi connectivity index (χ1) is 10.1. The van der Waals surface area contributed by atoms with Gasteiger partial charge in [0.1, 0.15) is 5.76 Å². The number of likely N-dealkylation sites (tertiary alicyclic amines) is 1. The number of hydrogen-bond acceptors (Lipinski definition) is 4. The van der Waals surface area contributed by atoms with Crippen LogP contribution in [0.1, 0.15) is 44.3 Å². The van der Waals surface area contributed by atoms with Crippen LogP contribution in [0.25, 0.3) is 0 Å². The van der Waals surface area contributed by atoms with Gasteiger partial charge in [-0.2, -0.15) is 0 Å². The van der Waals surface area contributed by atoms with E-state index in [1.165, 1.54) is 25.8 Å². The lowest BCUT2D eigenvalue weighted by Gasteiger charge is -2.31. The summed E-state index contributed by atoms with van der Waals surface area (Å²) < 4.78 is 5.52. The molecule has 2 heterocycles. The van der Waals surface area contributed by atoms with E-state index in [-0.39, 0.29) is 5.91 Å². The molecule has 1 amide bonds. The lowest BCUT2D eigenvalue weighted by Crippen LogP contribution is -2.41. The molecule has 5 heteroatoms. The Kier molecular flexibility index (Phi) is 4.29. The zero-order valence-corrected chi connectivity index (χ0v) is 13.0. The summed E-state index contributed by atoms with van der Waals surface area (Å²) in [5.74, 6) is 2.44. The molecule has 5 nitrogen and oxygen atoms in total. The van der Waals surface area contributed by atoms with Crippen LogP contribution in [-0.4, -0.2) is 46.4 Å². The molecule has 0 unspecified atom stereocenters. The predicted molar refractivity (Wildman–Crippen MR) is 79.7 cm³/mol. The Morgan fingerprint density at radius 3 is 2.86 bits per heavy atom. The first-order valence-electron chi connectivity index (χ1n) is 8.02. The van der Waals surface area contributed by atoms with Gasteiger partial charge in [-0.25, -0.2) is 4.98 Å². The lowest BCUT2D eigenvalue weighted by atomic mass is 9.85. The lowest BCUT2D eigenvalue weighted by molar-refractivity contribution is -0.132. The van der Waals surface area contributed by atoms with Crippen molar-refractivity contribution < 1.29 is 9.21 Å². The van der Waals surface area contributed by atoms with Crippen molar-refractivity contribution in [2.75, 3.05) is 19.6 Å². The van der Waals surface area contributed by atoms with Crippen LogP contribution in [-0.2, 0) is 11.3 Å². The van der Waals surface area contributed by atoms with E-state index in [4.69, 9.17) is 4.42 Å².